The van der Waals surface area contributed by atoms with Crippen LogP contribution >= 0.6 is 0 Å². The molecule has 0 fully saturated rings. The van der Waals surface area contributed by atoms with Gasteiger partial charge in [0.1, 0.15) is 0 Å². The number of ether oxygens (including phenoxy) is 2. The van der Waals surface area contributed by atoms with Gasteiger partial charge < -0.3 is 19.0 Å². The summed E-state index contributed by atoms with van der Waals surface area (Å²) in [6, 6.07) is 3.89. The van der Waals surface area contributed by atoms with E-state index in [1.807, 2.05) is 12.1 Å². The van der Waals surface area contributed by atoms with E-state index in [1.54, 1.807) is 6.08 Å². The van der Waals surface area contributed by atoms with Gasteiger partial charge in [0.2, 0.25) is 6.79 Å². The van der Waals surface area contributed by atoms with Gasteiger partial charge in [-0.05, 0) is 51.9 Å². The number of carboxylic acids is 1. The minimum atomic E-state index is -2.08. The summed E-state index contributed by atoms with van der Waals surface area (Å²) in [4.78, 5) is 12.1. The van der Waals surface area contributed by atoms with Crippen molar-refractivity contribution >= 4 is 20.4 Å². The van der Waals surface area contributed by atoms with E-state index in [0.717, 1.165) is 16.9 Å². The van der Waals surface area contributed by atoms with E-state index < -0.39 is 14.3 Å². The first-order valence-corrected chi connectivity index (χ1v) is 12.8. The molecule has 2 atom stereocenters. The molecule has 5 nitrogen and oxygen atoms in total. The number of hydrogen-bond donors (Lipinski definition) is 1. The average molecular weight is 419 g/mol. The topological polar surface area (TPSA) is 65.0 Å². The van der Waals surface area contributed by atoms with Crippen molar-refractivity contribution in [2.45, 2.75) is 71.0 Å². The third kappa shape index (κ3) is 3.73. The van der Waals surface area contributed by atoms with Gasteiger partial charge in [-0.1, -0.05) is 48.5 Å². The zero-order valence-corrected chi connectivity index (χ0v) is 19.6. The smallest absolute Gasteiger partial charge is 0.331 e. The van der Waals surface area contributed by atoms with E-state index in [2.05, 4.69) is 48.5 Å². The molecule has 6 heteroatoms. The number of hydrogen-bond acceptors (Lipinski definition) is 4. The molecule has 160 valence electrons. The molecule has 1 aliphatic carbocycles. The summed E-state index contributed by atoms with van der Waals surface area (Å²) in [5, 5.41) is 9.93. The molecule has 1 aromatic carbocycles. The highest BCUT2D eigenvalue weighted by atomic mass is 28.4. The molecule has 2 aliphatic rings. The molecular formula is C23H34O5Si. The van der Waals surface area contributed by atoms with Gasteiger partial charge in [-0.15, -0.1) is 0 Å². The molecule has 1 heterocycles. The Bertz CT molecular complexity index is 790. The van der Waals surface area contributed by atoms with E-state index in [-0.39, 0.29) is 18.6 Å². The summed E-state index contributed by atoms with van der Waals surface area (Å²) >= 11 is 0. The second-order valence-electron chi connectivity index (χ2n) is 9.26. The van der Waals surface area contributed by atoms with Crippen LogP contribution in [0.4, 0.5) is 0 Å². The Labute approximate surface area is 175 Å². The van der Waals surface area contributed by atoms with Crippen molar-refractivity contribution in [3.8, 4) is 11.5 Å². The lowest BCUT2D eigenvalue weighted by Gasteiger charge is -2.44. The average Bonchev–Trinajstić information content (AvgIpc) is 3.08. The lowest BCUT2D eigenvalue weighted by molar-refractivity contribution is -0.133. The molecule has 0 unspecified atom stereocenters. The minimum Gasteiger partial charge on any atom is -0.478 e. The summed E-state index contributed by atoms with van der Waals surface area (Å²) in [6.07, 6.45) is 1.79. The summed E-state index contributed by atoms with van der Waals surface area (Å²) in [6.45, 7) is 16.2. The fourth-order valence-corrected chi connectivity index (χ4v) is 10.9. The Hall–Kier alpha value is -1.79. The zero-order chi connectivity index (χ0) is 21.5. The maximum atomic E-state index is 12.1. The molecule has 0 radical (unpaired) electrons. The third-order valence-corrected chi connectivity index (χ3v) is 12.9. The number of rotatable bonds is 7. The van der Waals surface area contributed by atoms with Crippen molar-refractivity contribution in [3.05, 3.63) is 28.8 Å². The van der Waals surface area contributed by atoms with Gasteiger partial charge in [0.05, 0.1) is 0 Å². The lowest BCUT2D eigenvalue weighted by atomic mass is 9.76. The quantitative estimate of drug-likeness (QED) is 0.566. The predicted octanol–water partition coefficient (Wildman–Crippen LogP) is 5.81. The number of aliphatic carboxylic acids is 1. The third-order valence-electron chi connectivity index (χ3n) is 6.85. The van der Waals surface area contributed by atoms with Gasteiger partial charge in [0.15, 0.2) is 19.8 Å². The van der Waals surface area contributed by atoms with Gasteiger partial charge in [-0.2, -0.15) is 0 Å². The second-order valence-corrected chi connectivity index (χ2v) is 14.7. The van der Waals surface area contributed by atoms with Crippen LogP contribution in [0.3, 0.4) is 0 Å². The van der Waals surface area contributed by atoms with Crippen LogP contribution in [0.5, 0.6) is 11.5 Å². The molecule has 0 aromatic heterocycles. The van der Waals surface area contributed by atoms with Crippen molar-refractivity contribution in [1.82, 2.24) is 0 Å². The fourth-order valence-electron chi connectivity index (χ4n) is 5.44. The molecule has 0 bridgehead atoms. The van der Waals surface area contributed by atoms with E-state index in [9.17, 15) is 9.90 Å². The van der Waals surface area contributed by atoms with Crippen LogP contribution in [0.25, 0.3) is 6.08 Å². The maximum Gasteiger partial charge on any atom is 0.331 e. The summed E-state index contributed by atoms with van der Waals surface area (Å²) < 4.78 is 17.8. The normalized spacial score (nSPS) is 21.0. The standard InChI is InChI=1S/C23H34O5Si/c1-13(2)29(14(3)4,15(5)6)28-11-20-16(7)18-10-22-21(26-12-27-22)9-17(18)8-19(20)23(24)25/h8-10,13-16,20H,11-12H2,1-7H3,(H,24,25)/t16-,20+/m0/s1. The molecule has 0 spiro atoms. The first-order chi connectivity index (χ1) is 13.6. The fraction of sp³-hybridized carbons (Fsp3) is 0.609. The minimum absolute atomic E-state index is 0.0220. The zero-order valence-electron chi connectivity index (χ0n) is 18.6. The van der Waals surface area contributed by atoms with Crippen LogP contribution < -0.4 is 9.47 Å². The second kappa shape index (κ2) is 8.15. The number of carbonyl (C=O) groups is 1. The van der Waals surface area contributed by atoms with Crippen molar-refractivity contribution in [2.75, 3.05) is 13.4 Å². The van der Waals surface area contributed by atoms with E-state index in [0.29, 0.717) is 34.6 Å². The van der Waals surface area contributed by atoms with Crippen molar-refractivity contribution in [1.29, 1.82) is 0 Å². The Balaban J connectivity index is 1.96. The van der Waals surface area contributed by atoms with Crippen LogP contribution in [-0.2, 0) is 9.22 Å². The van der Waals surface area contributed by atoms with Gasteiger partial charge in [-0.25, -0.2) is 4.79 Å². The largest absolute Gasteiger partial charge is 0.478 e. The first kappa shape index (κ1) is 21.9. The summed E-state index contributed by atoms with van der Waals surface area (Å²) in [7, 11) is -2.08. The van der Waals surface area contributed by atoms with Gasteiger partial charge in [0, 0.05) is 18.1 Å². The summed E-state index contributed by atoms with van der Waals surface area (Å²) in [5.74, 6) is 0.368. The molecule has 0 saturated heterocycles. The van der Waals surface area contributed by atoms with Gasteiger partial charge in [-0.3, -0.25) is 0 Å². The highest BCUT2D eigenvalue weighted by Gasteiger charge is 2.46. The van der Waals surface area contributed by atoms with E-state index in [1.165, 1.54) is 0 Å². The van der Waals surface area contributed by atoms with E-state index in [4.69, 9.17) is 13.9 Å². The maximum absolute atomic E-state index is 12.1. The van der Waals surface area contributed by atoms with Crippen LogP contribution in [0.1, 0.15) is 65.5 Å². The van der Waals surface area contributed by atoms with E-state index >= 15 is 0 Å². The van der Waals surface area contributed by atoms with Gasteiger partial charge in [0.25, 0.3) is 0 Å². The first-order valence-electron chi connectivity index (χ1n) is 10.6. The van der Waals surface area contributed by atoms with Crippen molar-refractivity contribution in [3.63, 3.8) is 0 Å². The van der Waals surface area contributed by atoms with Crippen LogP contribution in [-0.4, -0.2) is 32.8 Å². The SMILES string of the molecule is CC(C)[Si](OC[C@H]1C(C(=O)O)=Cc2cc3c(cc2[C@@H]1C)OCO3)(C(C)C)C(C)C. The molecule has 1 aromatic rings. The Kier molecular flexibility index (Phi) is 6.15. The predicted molar refractivity (Wildman–Crippen MR) is 117 cm³/mol. The lowest BCUT2D eigenvalue weighted by Crippen LogP contribution is -2.49. The highest BCUT2D eigenvalue weighted by Crippen LogP contribution is 2.47. The molecule has 3 rings (SSSR count). The van der Waals surface area contributed by atoms with Crippen LogP contribution in [0.2, 0.25) is 16.6 Å². The molecule has 0 amide bonds. The Morgan fingerprint density at radius 1 is 1.10 bits per heavy atom. The Morgan fingerprint density at radius 3 is 2.17 bits per heavy atom. The van der Waals surface area contributed by atoms with Crippen molar-refractivity contribution < 1.29 is 23.8 Å². The molecule has 1 aliphatic heterocycles. The number of benzene rings is 1. The monoisotopic (exact) mass is 418 g/mol. The number of fused-ring (bicyclic) bond motifs is 2. The molecular weight excluding hydrogens is 384 g/mol. The van der Waals surface area contributed by atoms with Crippen LogP contribution in [0, 0.1) is 5.92 Å². The molecule has 1 N–H and O–H groups in total. The molecule has 29 heavy (non-hydrogen) atoms. The highest BCUT2D eigenvalue weighted by molar-refractivity contribution is 6.77. The molecule has 0 saturated carbocycles. The van der Waals surface area contributed by atoms with Crippen LogP contribution in [0.15, 0.2) is 17.7 Å². The van der Waals surface area contributed by atoms with Crippen molar-refractivity contribution in [2.24, 2.45) is 5.92 Å². The Morgan fingerprint density at radius 2 is 1.66 bits per heavy atom. The number of carboxylic acid groups (broad SMARTS) is 1. The van der Waals surface area contributed by atoms with Gasteiger partial charge >= 0.3 is 5.97 Å². The summed E-state index contributed by atoms with van der Waals surface area (Å²) in [5.41, 5.74) is 3.79.